The quantitative estimate of drug-likeness (QED) is 0.858. The van der Waals surface area contributed by atoms with E-state index in [1.807, 2.05) is 13.0 Å². The molecule has 1 fully saturated rings. The smallest absolute Gasteiger partial charge is 0.0441 e. The Morgan fingerprint density at radius 3 is 2.72 bits per heavy atom. The van der Waals surface area contributed by atoms with Gasteiger partial charge in [0.05, 0.1) is 0 Å². The molecule has 0 radical (unpaired) electrons. The summed E-state index contributed by atoms with van der Waals surface area (Å²) in [6.45, 7) is 2.02. The number of thiophene rings is 1. The molecule has 1 aliphatic carbocycles. The van der Waals surface area contributed by atoms with Crippen molar-refractivity contribution in [2.24, 2.45) is 11.7 Å². The first kappa shape index (κ1) is 12.2. The SMILES string of the molecule is Cc1ccc(-c2ccc(C(N)C3CC3)s2)cc1Cl. The summed E-state index contributed by atoms with van der Waals surface area (Å²) in [6, 6.07) is 10.8. The first-order chi connectivity index (χ1) is 8.65. The zero-order valence-electron chi connectivity index (χ0n) is 10.3. The fourth-order valence-electron chi connectivity index (χ4n) is 2.12. The molecule has 2 aromatic rings. The van der Waals surface area contributed by atoms with Gasteiger partial charge in [0.1, 0.15) is 0 Å². The van der Waals surface area contributed by atoms with E-state index >= 15 is 0 Å². The topological polar surface area (TPSA) is 26.0 Å². The van der Waals surface area contributed by atoms with E-state index in [2.05, 4.69) is 24.3 Å². The van der Waals surface area contributed by atoms with Gasteiger partial charge < -0.3 is 5.73 Å². The first-order valence-corrected chi connectivity index (χ1v) is 7.46. The summed E-state index contributed by atoms with van der Waals surface area (Å²) in [5, 5.41) is 0.828. The summed E-state index contributed by atoms with van der Waals surface area (Å²) >= 11 is 7.97. The van der Waals surface area contributed by atoms with Gasteiger partial charge in [-0.1, -0.05) is 23.7 Å². The molecule has 2 N–H and O–H groups in total. The van der Waals surface area contributed by atoms with Crippen molar-refractivity contribution in [2.45, 2.75) is 25.8 Å². The number of hydrogen-bond acceptors (Lipinski definition) is 2. The van der Waals surface area contributed by atoms with Crippen LogP contribution in [0.4, 0.5) is 0 Å². The van der Waals surface area contributed by atoms with Crippen LogP contribution in [0.25, 0.3) is 10.4 Å². The molecule has 0 saturated heterocycles. The molecule has 3 heteroatoms. The molecule has 0 amide bonds. The molecule has 0 aliphatic heterocycles. The lowest BCUT2D eigenvalue weighted by molar-refractivity contribution is 0.645. The third-order valence-corrected chi connectivity index (χ3v) is 5.18. The number of nitrogens with two attached hydrogens (primary N) is 1. The highest BCUT2D eigenvalue weighted by atomic mass is 35.5. The van der Waals surface area contributed by atoms with Gasteiger partial charge in [0.2, 0.25) is 0 Å². The van der Waals surface area contributed by atoms with E-state index in [1.54, 1.807) is 11.3 Å². The maximum absolute atomic E-state index is 6.23. The van der Waals surface area contributed by atoms with Crippen molar-refractivity contribution in [1.82, 2.24) is 0 Å². The van der Waals surface area contributed by atoms with Gasteiger partial charge >= 0.3 is 0 Å². The van der Waals surface area contributed by atoms with Crippen molar-refractivity contribution in [3.05, 3.63) is 45.8 Å². The summed E-state index contributed by atoms with van der Waals surface area (Å²) in [4.78, 5) is 2.55. The number of aryl methyl sites for hydroxylation is 1. The number of halogens is 1. The third kappa shape index (κ3) is 2.33. The van der Waals surface area contributed by atoms with Gasteiger partial charge in [-0.2, -0.15) is 0 Å². The van der Waals surface area contributed by atoms with Crippen molar-refractivity contribution < 1.29 is 0 Å². The molecule has 1 nitrogen and oxygen atoms in total. The molecule has 1 aliphatic rings. The molecule has 1 aromatic heterocycles. The fourth-order valence-corrected chi connectivity index (χ4v) is 3.40. The van der Waals surface area contributed by atoms with E-state index in [0.29, 0.717) is 5.92 Å². The Labute approximate surface area is 117 Å². The van der Waals surface area contributed by atoms with Crippen LogP contribution in [0.3, 0.4) is 0 Å². The minimum absolute atomic E-state index is 0.227. The highest BCUT2D eigenvalue weighted by Crippen LogP contribution is 2.43. The van der Waals surface area contributed by atoms with Crippen LogP contribution in [0.2, 0.25) is 5.02 Å². The van der Waals surface area contributed by atoms with Crippen LogP contribution in [-0.2, 0) is 0 Å². The number of hydrogen-bond donors (Lipinski definition) is 1. The van der Waals surface area contributed by atoms with E-state index in [-0.39, 0.29) is 6.04 Å². The molecular weight excluding hydrogens is 262 g/mol. The van der Waals surface area contributed by atoms with Crippen molar-refractivity contribution in [3.63, 3.8) is 0 Å². The zero-order valence-corrected chi connectivity index (χ0v) is 11.9. The van der Waals surface area contributed by atoms with Gasteiger partial charge in [0, 0.05) is 20.8 Å². The maximum Gasteiger partial charge on any atom is 0.0441 e. The maximum atomic E-state index is 6.23. The largest absolute Gasteiger partial charge is 0.323 e. The Hall–Kier alpha value is -0.830. The molecule has 0 bridgehead atoms. The van der Waals surface area contributed by atoms with E-state index in [0.717, 1.165) is 10.6 Å². The van der Waals surface area contributed by atoms with Crippen LogP contribution in [0, 0.1) is 12.8 Å². The summed E-state index contributed by atoms with van der Waals surface area (Å²) in [6.07, 6.45) is 2.56. The Morgan fingerprint density at radius 2 is 2.06 bits per heavy atom. The van der Waals surface area contributed by atoms with Crippen molar-refractivity contribution in [3.8, 4) is 10.4 Å². The second-order valence-electron chi connectivity index (χ2n) is 5.03. The predicted molar refractivity (Wildman–Crippen MR) is 79.2 cm³/mol. The van der Waals surface area contributed by atoms with Crippen molar-refractivity contribution >= 4 is 22.9 Å². The number of rotatable bonds is 3. The monoisotopic (exact) mass is 277 g/mol. The normalized spacial score (nSPS) is 16.8. The second kappa shape index (κ2) is 4.69. The molecule has 3 rings (SSSR count). The lowest BCUT2D eigenvalue weighted by Gasteiger charge is -2.06. The van der Waals surface area contributed by atoms with Gasteiger partial charge in [0.15, 0.2) is 0 Å². The Bertz CT molecular complexity index is 572. The molecule has 18 heavy (non-hydrogen) atoms. The van der Waals surface area contributed by atoms with E-state index in [1.165, 1.54) is 28.2 Å². The van der Waals surface area contributed by atoms with Gasteiger partial charge in [-0.3, -0.25) is 0 Å². The minimum atomic E-state index is 0.227. The van der Waals surface area contributed by atoms with E-state index in [4.69, 9.17) is 17.3 Å². The van der Waals surface area contributed by atoms with Crippen LogP contribution >= 0.6 is 22.9 Å². The summed E-state index contributed by atoms with van der Waals surface area (Å²) in [7, 11) is 0. The van der Waals surface area contributed by atoms with Crippen molar-refractivity contribution in [1.29, 1.82) is 0 Å². The molecule has 1 unspecified atom stereocenters. The average Bonchev–Trinajstić information content (AvgIpc) is 3.09. The van der Waals surface area contributed by atoms with Crippen LogP contribution in [-0.4, -0.2) is 0 Å². The molecule has 1 aromatic carbocycles. The van der Waals surface area contributed by atoms with Crippen LogP contribution < -0.4 is 5.73 Å². The van der Waals surface area contributed by atoms with Crippen LogP contribution in [0.1, 0.15) is 29.3 Å². The molecule has 1 atom stereocenters. The average molecular weight is 278 g/mol. The van der Waals surface area contributed by atoms with E-state index < -0.39 is 0 Å². The van der Waals surface area contributed by atoms with Crippen LogP contribution in [0.5, 0.6) is 0 Å². The molecule has 0 spiro atoms. The highest BCUT2D eigenvalue weighted by Gasteiger charge is 2.30. The van der Waals surface area contributed by atoms with Gasteiger partial charge in [-0.15, -0.1) is 11.3 Å². The number of benzene rings is 1. The Balaban J connectivity index is 1.89. The standard InChI is InChI=1S/C15H16ClNS/c1-9-2-3-11(8-12(9)16)13-6-7-14(18-13)15(17)10-4-5-10/h2-3,6-8,10,15H,4-5,17H2,1H3. The second-order valence-corrected chi connectivity index (χ2v) is 6.55. The van der Waals surface area contributed by atoms with Crippen LogP contribution in [0.15, 0.2) is 30.3 Å². The fraction of sp³-hybridized carbons (Fsp3) is 0.333. The van der Waals surface area contributed by atoms with Gasteiger partial charge in [-0.05, 0) is 55.0 Å². The first-order valence-electron chi connectivity index (χ1n) is 6.27. The summed E-state index contributed by atoms with van der Waals surface area (Å²) in [5.74, 6) is 0.707. The van der Waals surface area contributed by atoms with Gasteiger partial charge in [0.25, 0.3) is 0 Å². The van der Waals surface area contributed by atoms with Gasteiger partial charge in [-0.25, -0.2) is 0 Å². The molecular formula is C15H16ClNS. The van der Waals surface area contributed by atoms with Crippen molar-refractivity contribution in [2.75, 3.05) is 0 Å². The molecule has 1 saturated carbocycles. The predicted octanol–water partition coefficient (Wildman–Crippen LogP) is 4.79. The summed E-state index contributed by atoms with van der Waals surface area (Å²) < 4.78 is 0. The summed E-state index contributed by atoms with van der Waals surface area (Å²) in [5.41, 5.74) is 8.53. The Kier molecular flexibility index (Phi) is 3.18. The highest BCUT2D eigenvalue weighted by molar-refractivity contribution is 7.15. The Morgan fingerprint density at radius 1 is 1.28 bits per heavy atom. The van der Waals surface area contributed by atoms with E-state index in [9.17, 15) is 0 Å². The lowest BCUT2D eigenvalue weighted by Crippen LogP contribution is -2.10. The lowest BCUT2D eigenvalue weighted by atomic mass is 10.1. The zero-order chi connectivity index (χ0) is 12.7. The minimum Gasteiger partial charge on any atom is -0.323 e. The molecule has 1 heterocycles. The molecule has 94 valence electrons. The third-order valence-electron chi connectivity index (χ3n) is 3.54.